The fourth-order valence-electron chi connectivity index (χ4n) is 3.12. The van der Waals surface area contributed by atoms with Crippen molar-refractivity contribution in [1.29, 1.82) is 0 Å². The highest BCUT2D eigenvalue weighted by Crippen LogP contribution is 2.36. The van der Waals surface area contributed by atoms with E-state index in [2.05, 4.69) is 20.5 Å². The van der Waals surface area contributed by atoms with Gasteiger partial charge in [0, 0.05) is 31.4 Å². The first kappa shape index (κ1) is 23.9. The van der Waals surface area contributed by atoms with E-state index in [1.54, 1.807) is 25.2 Å². The average molecular weight is 460 g/mol. The van der Waals surface area contributed by atoms with Gasteiger partial charge in [0.1, 0.15) is 6.04 Å². The molecule has 0 aromatic carbocycles. The number of aryl methyl sites for hydroxylation is 1. The third-order valence-corrected chi connectivity index (χ3v) is 8.43. The first-order chi connectivity index (χ1) is 14.1. The van der Waals surface area contributed by atoms with Crippen LogP contribution in [0.25, 0.3) is 0 Å². The number of nitrogens with zero attached hydrogens (tertiary/aromatic N) is 4. The number of methoxy groups -OCH3 is 1. The minimum Gasteiger partial charge on any atom is -0.467 e. The number of hydrogen-bond acceptors (Lipinski definition) is 9. The Labute approximate surface area is 178 Å². The van der Waals surface area contributed by atoms with E-state index < -0.39 is 44.2 Å². The van der Waals surface area contributed by atoms with Crippen LogP contribution in [-0.2, 0) is 36.1 Å². The van der Waals surface area contributed by atoms with Crippen molar-refractivity contribution in [3.05, 3.63) is 34.8 Å². The molecule has 3 atom stereocenters. The first-order valence-corrected chi connectivity index (χ1v) is 11.9. The summed E-state index contributed by atoms with van der Waals surface area (Å²) in [6.45, 7) is 2.97. The summed E-state index contributed by atoms with van der Waals surface area (Å²) in [7, 11) is -1.32. The summed E-state index contributed by atoms with van der Waals surface area (Å²) in [5, 5.41) is 9.92. The summed E-state index contributed by atoms with van der Waals surface area (Å²) in [5.74, 6) is -1.57. The van der Waals surface area contributed by atoms with Gasteiger partial charge in [-0.1, -0.05) is 25.2 Å². The normalized spacial score (nSPS) is 21.9. The number of allylic oxidation sites excluding steroid dienone is 3. The van der Waals surface area contributed by atoms with Gasteiger partial charge in [-0.3, -0.25) is 4.79 Å². The standard InChI is InChI=1S/C17H25N5O6S2/c1-12-7-5-6-8-17(12,22-16(25)21(3)19-20-22)30(26,27)10-9-29-11-14(15(24)28-4)18-13(2)23/h5-8,12,14H,9-11H2,1-4H3,(H,18,23)/t12?,14-,17?/m0/s1. The summed E-state index contributed by atoms with van der Waals surface area (Å²) in [6, 6.07) is -0.881. The number of carbonyl (C=O) groups excluding carboxylic acids is 2. The van der Waals surface area contributed by atoms with Crippen LogP contribution in [0.5, 0.6) is 0 Å². The van der Waals surface area contributed by atoms with Crippen molar-refractivity contribution in [3.8, 4) is 0 Å². The van der Waals surface area contributed by atoms with Gasteiger partial charge in [-0.05, 0) is 16.5 Å². The number of nitrogens with one attached hydrogen (secondary N) is 1. The molecule has 1 amide bonds. The molecule has 0 saturated heterocycles. The molecule has 0 spiro atoms. The summed E-state index contributed by atoms with van der Waals surface area (Å²) in [6.07, 6.45) is 6.41. The summed E-state index contributed by atoms with van der Waals surface area (Å²) < 4.78 is 33.3. The van der Waals surface area contributed by atoms with Crippen LogP contribution in [0.3, 0.4) is 0 Å². The van der Waals surface area contributed by atoms with E-state index in [0.29, 0.717) is 0 Å². The zero-order valence-corrected chi connectivity index (χ0v) is 18.8. The lowest BCUT2D eigenvalue weighted by Crippen LogP contribution is -2.52. The van der Waals surface area contributed by atoms with Gasteiger partial charge < -0.3 is 10.1 Å². The Morgan fingerprint density at radius 2 is 2.07 bits per heavy atom. The third-order valence-electron chi connectivity index (χ3n) is 4.69. The van der Waals surface area contributed by atoms with E-state index in [9.17, 15) is 22.8 Å². The van der Waals surface area contributed by atoms with Crippen LogP contribution < -0.4 is 11.0 Å². The molecule has 1 aliphatic rings. The molecule has 11 nitrogen and oxygen atoms in total. The number of aromatic nitrogens is 4. The molecule has 0 bridgehead atoms. The Bertz CT molecular complexity index is 1010. The summed E-state index contributed by atoms with van der Waals surface area (Å²) in [5.41, 5.74) is -0.644. The molecule has 0 radical (unpaired) electrons. The van der Waals surface area contributed by atoms with E-state index in [-0.39, 0.29) is 17.3 Å². The molecule has 13 heteroatoms. The van der Waals surface area contributed by atoms with Gasteiger partial charge in [0.25, 0.3) is 0 Å². The van der Waals surface area contributed by atoms with E-state index in [0.717, 1.165) is 9.36 Å². The second-order valence-electron chi connectivity index (χ2n) is 6.75. The maximum Gasteiger partial charge on any atom is 0.365 e. The van der Waals surface area contributed by atoms with Crippen molar-refractivity contribution in [2.45, 2.75) is 24.8 Å². The zero-order chi connectivity index (χ0) is 22.5. The van der Waals surface area contributed by atoms with Crippen LogP contribution >= 0.6 is 11.8 Å². The predicted molar refractivity (Wildman–Crippen MR) is 111 cm³/mol. The predicted octanol–water partition coefficient (Wildman–Crippen LogP) is -0.783. The molecule has 30 heavy (non-hydrogen) atoms. The first-order valence-electron chi connectivity index (χ1n) is 9.07. The van der Waals surface area contributed by atoms with E-state index in [1.807, 2.05) is 0 Å². The Balaban J connectivity index is 2.21. The van der Waals surface area contributed by atoms with Gasteiger partial charge in [-0.25, -0.2) is 18.0 Å². The number of carbonyl (C=O) groups is 2. The maximum absolute atomic E-state index is 13.4. The number of esters is 1. The van der Waals surface area contributed by atoms with E-state index >= 15 is 0 Å². The number of tetrazole rings is 1. The number of sulfone groups is 1. The average Bonchev–Trinajstić information content (AvgIpc) is 3.02. The number of amides is 1. The summed E-state index contributed by atoms with van der Waals surface area (Å²) in [4.78, 5) is 33.8. The fraction of sp³-hybridized carbons (Fsp3) is 0.588. The second-order valence-corrected chi connectivity index (χ2v) is 10.2. The molecule has 166 valence electrons. The smallest absolute Gasteiger partial charge is 0.365 e. The molecule has 2 unspecified atom stereocenters. The van der Waals surface area contributed by atoms with Crippen LogP contribution in [-0.4, -0.2) is 70.5 Å². The highest BCUT2D eigenvalue weighted by atomic mass is 32.2. The lowest BCUT2D eigenvalue weighted by atomic mass is 9.96. The minimum absolute atomic E-state index is 0.135. The van der Waals surface area contributed by atoms with Crippen molar-refractivity contribution in [1.82, 2.24) is 25.1 Å². The molecule has 1 N–H and O–H groups in total. The Morgan fingerprint density at radius 1 is 1.37 bits per heavy atom. The second kappa shape index (κ2) is 9.60. The van der Waals surface area contributed by atoms with Crippen LogP contribution in [0, 0.1) is 5.92 Å². The van der Waals surface area contributed by atoms with Crippen molar-refractivity contribution in [3.63, 3.8) is 0 Å². The summed E-state index contributed by atoms with van der Waals surface area (Å²) >= 11 is 1.18. The quantitative estimate of drug-likeness (QED) is 0.371. The Morgan fingerprint density at radius 3 is 2.60 bits per heavy atom. The van der Waals surface area contributed by atoms with Crippen molar-refractivity contribution in [2.75, 3.05) is 24.4 Å². The SMILES string of the molecule is COC(=O)[C@H](CSCCS(=O)(=O)C1(n2nnn(C)c2=O)C=CC=CC1C)NC(C)=O. The number of thioether (sulfide) groups is 1. The molecule has 0 fully saturated rings. The van der Waals surface area contributed by atoms with Crippen LogP contribution in [0.15, 0.2) is 29.1 Å². The minimum atomic E-state index is -3.92. The lowest BCUT2D eigenvalue weighted by molar-refractivity contribution is -0.144. The highest BCUT2D eigenvalue weighted by molar-refractivity contribution is 8.00. The van der Waals surface area contributed by atoms with Gasteiger partial charge >= 0.3 is 11.7 Å². The van der Waals surface area contributed by atoms with Crippen molar-refractivity contribution >= 4 is 33.5 Å². The molecule has 0 saturated carbocycles. The molecular weight excluding hydrogens is 434 g/mol. The largest absolute Gasteiger partial charge is 0.467 e. The van der Waals surface area contributed by atoms with Gasteiger partial charge in [0.05, 0.1) is 12.9 Å². The van der Waals surface area contributed by atoms with Crippen LogP contribution in [0.4, 0.5) is 0 Å². The molecule has 1 aromatic rings. The Hall–Kier alpha value is -2.41. The van der Waals surface area contributed by atoms with E-state index in [1.165, 1.54) is 38.9 Å². The Kier molecular flexibility index (Phi) is 7.64. The molecular formula is C17H25N5O6S2. The molecule has 2 rings (SSSR count). The van der Waals surface area contributed by atoms with E-state index in [4.69, 9.17) is 0 Å². The maximum atomic E-state index is 13.4. The van der Waals surface area contributed by atoms with Gasteiger partial charge in [-0.15, -0.1) is 0 Å². The number of hydrogen-bond donors (Lipinski definition) is 1. The highest BCUT2D eigenvalue weighted by Gasteiger charge is 2.50. The number of ether oxygens (including phenoxy) is 1. The number of rotatable bonds is 9. The van der Waals surface area contributed by atoms with Gasteiger partial charge in [-0.2, -0.15) is 21.1 Å². The van der Waals surface area contributed by atoms with Crippen molar-refractivity contribution in [2.24, 2.45) is 13.0 Å². The molecule has 1 aromatic heterocycles. The monoisotopic (exact) mass is 459 g/mol. The molecule has 1 aliphatic carbocycles. The van der Waals surface area contributed by atoms with Gasteiger partial charge in [0.2, 0.25) is 5.91 Å². The lowest BCUT2D eigenvalue weighted by Gasteiger charge is -2.35. The van der Waals surface area contributed by atoms with Crippen LogP contribution in [0.2, 0.25) is 0 Å². The topological polar surface area (TPSA) is 142 Å². The molecule has 1 heterocycles. The third kappa shape index (κ3) is 4.67. The zero-order valence-electron chi connectivity index (χ0n) is 17.1. The van der Waals surface area contributed by atoms with Crippen LogP contribution in [0.1, 0.15) is 13.8 Å². The van der Waals surface area contributed by atoms with Gasteiger partial charge in [0.15, 0.2) is 14.7 Å². The van der Waals surface area contributed by atoms with Crippen molar-refractivity contribution < 1.29 is 22.7 Å². The fourth-order valence-corrected chi connectivity index (χ4v) is 6.73. The molecule has 0 aliphatic heterocycles.